The molecule has 0 spiro atoms. The first-order chi connectivity index (χ1) is 12.4. The molecule has 0 bridgehead atoms. The molecule has 4 rings (SSSR count). The maximum absolute atomic E-state index is 12.4. The van der Waals surface area contributed by atoms with E-state index in [2.05, 4.69) is 16.9 Å². The van der Waals surface area contributed by atoms with Gasteiger partial charge in [0.15, 0.2) is 0 Å². The summed E-state index contributed by atoms with van der Waals surface area (Å²) >= 11 is 0. The highest BCUT2D eigenvalue weighted by atomic mass is 16.2. The molecule has 0 unspecified atom stereocenters. The Morgan fingerprint density at radius 3 is 2.81 bits per heavy atom. The maximum atomic E-state index is 12.4. The summed E-state index contributed by atoms with van der Waals surface area (Å²) in [5.41, 5.74) is 2.51. The summed E-state index contributed by atoms with van der Waals surface area (Å²) in [7, 11) is 4.01. The first-order valence-electron chi connectivity index (χ1n) is 9.34. The fraction of sp³-hybridized carbons (Fsp3) is 0.550. The molecule has 0 aromatic carbocycles. The first-order valence-corrected chi connectivity index (χ1v) is 9.34. The van der Waals surface area contributed by atoms with Crippen molar-refractivity contribution in [3.05, 3.63) is 46.0 Å². The maximum Gasteiger partial charge on any atom is 0.258 e. The molecule has 3 heterocycles. The van der Waals surface area contributed by atoms with Gasteiger partial charge in [-0.25, -0.2) is 4.98 Å². The van der Waals surface area contributed by atoms with Crippen molar-refractivity contribution in [2.75, 3.05) is 20.6 Å². The third kappa shape index (κ3) is 3.14. The van der Waals surface area contributed by atoms with E-state index in [0.717, 1.165) is 30.6 Å². The van der Waals surface area contributed by atoms with E-state index in [0.29, 0.717) is 36.5 Å². The molecule has 1 aliphatic carbocycles. The fourth-order valence-electron chi connectivity index (χ4n) is 4.57. The number of aryl methyl sites for hydroxylation is 1. The lowest BCUT2D eigenvalue weighted by molar-refractivity contribution is -0.134. The van der Waals surface area contributed by atoms with Crippen LogP contribution in [0.25, 0.3) is 5.65 Å². The van der Waals surface area contributed by atoms with E-state index in [1.54, 1.807) is 10.5 Å². The number of likely N-dealkylation sites (tertiary alicyclic amines) is 1. The van der Waals surface area contributed by atoms with E-state index in [9.17, 15) is 9.59 Å². The van der Waals surface area contributed by atoms with E-state index in [1.807, 2.05) is 37.2 Å². The predicted molar refractivity (Wildman–Crippen MR) is 99.9 cm³/mol. The number of piperidine rings is 1. The minimum atomic E-state index is -0.0330. The van der Waals surface area contributed by atoms with Crippen LogP contribution in [0.1, 0.15) is 30.5 Å². The van der Waals surface area contributed by atoms with E-state index in [1.165, 1.54) is 0 Å². The van der Waals surface area contributed by atoms with Gasteiger partial charge in [-0.15, -0.1) is 0 Å². The second-order valence-corrected chi connectivity index (χ2v) is 8.06. The van der Waals surface area contributed by atoms with Gasteiger partial charge in [0.25, 0.3) is 5.56 Å². The monoisotopic (exact) mass is 354 g/mol. The Hall–Kier alpha value is -2.21. The molecule has 1 saturated heterocycles. The van der Waals surface area contributed by atoms with E-state index in [-0.39, 0.29) is 11.5 Å². The Morgan fingerprint density at radius 1 is 1.23 bits per heavy atom. The van der Waals surface area contributed by atoms with Crippen molar-refractivity contribution in [1.82, 2.24) is 19.2 Å². The topological polar surface area (TPSA) is 57.9 Å². The van der Waals surface area contributed by atoms with E-state index < -0.39 is 0 Å². The lowest BCUT2D eigenvalue weighted by Gasteiger charge is -2.31. The average Bonchev–Trinajstić information content (AvgIpc) is 2.99. The van der Waals surface area contributed by atoms with Crippen LogP contribution in [0.3, 0.4) is 0 Å². The largest absolute Gasteiger partial charge is 0.345 e. The van der Waals surface area contributed by atoms with Crippen LogP contribution >= 0.6 is 0 Å². The zero-order chi connectivity index (χ0) is 18.4. The van der Waals surface area contributed by atoms with Gasteiger partial charge in [0, 0.05) is 44.9 Å². The number of pyridine rings is 1. The molecule has 1 amide bonds. The minimum absolute atomic E-state index is 0.0330. The molecular formula is C20H26N4O2. The van der Waals surface area contributed by atoms with Crippen LogP contribution < -0.4 is 5.56 Å². The van der Waals surface area contributed by atoms with Crippen LogP contribution in [0.2, 0.25) is 0 Å². The highest BCUT2D eigenvalue weighted by molar-refractivity contribution is 5.77. The van der Waals surface area contributed by atoms with Gasteiger partial charge in [0.05, 0.1) is 5.69 Å². The summed E-state index contributed by atoms with van der Waals surface area (Å²) < 4.78 is 1.60. The van der Waals surface area contributed by atoms with Crippen LogP contribution in [0.15, 0.2) is 29.2 Å². The molecule has 6 heteroatoms. The third-order valence-electron chi connectivity index (χ3n) is 6.08. The van der Waals surface area contributed by atoms with Crippen LogP contribution in [0.5, 0.6) is 0 Å². The van der Waals surface area contributed by atoms with E-state index in [4.69, 9.17) is 0 Å². The number of fused-ring (bicyclic) bond motifs is 2. The molecule has 6 nitrogen and oxygen atoms in total. The zero-order valence-electron chi connectivity index (χ0n) is 15.7. The summed E-state index contributed by atoms with van der Waals surface area (Å²) in [5.74, 6) is 1.38. The number of amides is 1. The highest BCUT2D eigenvalue weighted by Crippen LogP contribution is 2.40. The molecule has 3 atom stereocenters. The number of carbonyl (C=O) groups is 1. The minimum Gasteiger partial charge on any atom is -0.345 e. The summed E-state index contributed by atoms with van der Waals surface area (Å²) in [6.07, 6.45) is 4.69. The summed E-state index contributed by atoms with van der Waals surface area (Å²) in [5, 5.41) is 0. The van der Waals surface area contributed by atoms with Gasteiger partial charge < -0.3 is 4.90 Å². The van der Waals surface area contributed by atoms with Gasteiger partial charge >= 0.3 is 0 Å². The molecule has 2 aliphatic rings. The van der Waals surface area contributed by atoms with Crippen molar-refractivity contribution in [3.8, 4) is 0 Å². The number of nitrogens with zero attached hydrogens (tertiary/aromatic N) is 4. The van der Waals surface area contributed by atoms with Crippen molar-refractivity contribution in [1.29, 1.82) is 0 Å². The Labute approximate surface area is 153 Å². The molecule has 1 aliphatic heterocycles. The Kier molecular flexibility index (Phi) is 4.31. The van der Waals surface area contributed by atoms with E-state index >= 15 is 0 Å². The van der Waals surface area contributed by atoms with Crippen LogP contribution in [0.4, 0.5) is 0 Å². The normalized spacial score (nSPS) is 25.9. The predicted octanol–water partition coefficient (Wildman–Crippen LogP) is 1.69. The van der Waals surface area contributed by atoms with Crippen LogP contribution in [0, 0.1) is 18.8 Å². The molecule has 138 valence electrons. The van der Waals surface area contributed by atoms with Crippen LogP contribution in [-0.4, -0.2) is 51.8 Å². The van der Waals surface area contributed by atoms with Crippen molar-refractivity contribution < 1.29 is 4.79 Å². The van der Waals surface area contributed by atoms with Gasteiger partial charge in [0.2, 0.25) is 5.91 Å². The summed E-state index contributed by atoms with van der Waals surface area (Å²) in [6.45, 7) is 3.51. The van der Waals surface area contributed by atoms with Gasteiger partial charge in [0.1, 0.15) is 5.65 Å². The third-order valence-corrected chi connectivity index (χ3v) is 6.08. The number of hydrogen-bond acceptors (Lipinski definition) is 4. The zero-order valence-corrected chi connectivity index (χ0v) is 15.7. The fourth-order valence-corrected chi connectivity index (χ4v) is 4.57. The standard InChI is InChI=1S/C20H26N4O2/c1-13-4-5-18-21-16(9-20(26)24(18)10-13)12-22(2)17-6-14-8-19(25)23(3)11-15(14)7-17/h4-5,9-10,14-15,17H,6-8,11-12H2,1-3H3/t14-,15+,17-/m1/s1. The lowest BCUT2D eigenvalue weighted by atomic mass is 9.88. The quantitative estimate of drug-likeness (QED) is 0.842. The van der Waals surface area contributed by atoms with Crippen molar-refractivity contribution in [3.63, 3.8) is 0 Å². The van der Waals surface area contributed by atoms with Gasteiger partial charge in [-0.05, 0) is 50.3 Å². The lowest BCUT2D eigenvalue weighted by Crippen LogP contribution is -2.39. The van der Waals surface area contributed by atoms with Gasteiger partial charge in [-0.1, -0.05) is 6.07 Å². The second kappa shape index (κ2) is 6.50. The van der Waals surface area contributed by atoms with Gasteiger partial charge in [-0.3, -0.25) is 18.9 Å². The Bertz CT molecular complexity index is 906. The Balaban J connectivity index is 1.49. The van der Waals surface area contributed by atoms with Crippen LogP contribution in [-0.2, 0) is 11.3 Å². The second-order valence-electron chi connectivity index (χ2n) is 8.06. The summed E-state index contributed by atoms with van der Waals surface area (Å²) in [4.78, 5) is 33.2. The molecule has 1 saturated carbocycles. The van der Waals surface area contributed by atoms with Gasteiger partial charge in [-0.2, -0.15) is 0 Å². The molecule has 0 N–H and O–H groups in total. The molecule has 2 fully saturated rings. The molecule has 26 heavy (non-hydrogen) atoms. The van der Waals surface area contributed by atoms with Crippen molar-refractivity contribution in [2.45, 2.75) is 38.8 Å². The Morgan fingerprint density at radius 2 is 2.00 bits per heavy atom. The molecule has 2 aromatic rings. The highest BCUT2D eigenvalue weighted by Gasteiger charge is 2.41. The summed E-state index contributed by atoms with van der Waals surface area (Å²) in [6, 6.07) is 5.96. The number of aromatic nitrogens is 2. The van der Waals surface area contributed by atoms with Crippen molar-refractivity contribution in [2.24, 2.45) is 11.8 Å². The number of hydrogen-bond donors (Lipinski definition) is 0. The van der Waals surface area contributed by atoms with Crippen molar-refractivity contribution >= 4 is 11.6 Å². The molecule has 2 aromatic heterocycles. The number of rotatable bonds is 3. The molecular weight excluding hydrogens is 328 g/mol. The smallest absolute Gasteiger partial charge is 0.258 e. The SMILES string of the molecule is Cc1ccc2nc(CN(C)[C@@H]3C[C@@H]4CC(=O)N(C)C[C@@H]4C3)cc(=O)n2c1. The average molecular weight is 354 g/mol. The number of carbonyl (C=O) groups excluding carboxylic acids is 1. The first kappa shape index (κ1) is 17.2. The molecule has 0 radical (unpaired) electrons.